The van der Waals surface area contributed by atoms with Gasteiger partial charge in [0, 0.05) is 11.4 Å². The summed E-state index contributed by atoms with van der Waals surface area (Å²) in [5, 5.41) is 0. The van der Waals surface area contributed by atoms with Crippen LogP contribution in [0, 0.1) is 20.8 Å². The van der Waals surface area contributed by atoms with Crippen molar-refractivity contribution in [3.8, 4) is 0 Å². The van der Waals surface area contributed by atoms with E-state index in [4.69, 9.17) is 5.73 Å². The minimum atomic E-state index is -3.58. The molecule has 2 aromatic carbocycles. The van der Waals surface area contributed by atoms with E-state index in [0.29, 0.717) is 11.4 Å². The molecule has 0 saturated carbocycles. The normalized spacial score (nSPS) is 11.3. The van der Waals surface area contributed by atoms with Crippen LogP contribution in [0.1, 0.15) is 16.7 Å². The second-order valence-corrected chi connectivity index (χ2v) is 6.68. The van der Waals surface area contributed by atoms with Gasteiger partial charge in [-0.1, -0.05) is 6.07 Å². The fourth-order valence-electron chi connectivity index (χ4n) is 2.04. The van der Waals surface area contributed by atoms with Crippen molar-refractivity contribution in [2.45, 2.75) is 25.7 Å². The molecule has 0 radical (unpaired) electrons. The molecule has 0 fully saturated rings. The molecule has 3 N–H and O–H groups in total. The Hall–Kier alpha value is -2.01. The monoisotopic (exact) mass is 290 g/mol. The standard InChI is InChI=1S/C15H18N2O2S/c1-10-6-11(2)8-14(7-10)20(18,19)17-13-4-5-15(16)12(3)9-13/h4-9,17H,16H2,1-3H3. The lowest BCUT2D eigenvalue weighted by atomic mass is 10.2. The van der Waals surface area contributed by atoms with E-state index in [1.807, 2.05) is 26.8 Å². The highest BCUT2D eigenvalue weighted by Gasteiger charge is 2.15. The Labute approximate surface area is 119 Å². The second-order valence-electron chi connectivity index (χ2n) is 5.00. The molecule has 0 spiro atoms. The van der Waals surface area contributed by atoms with Crippen LogP contribution in [0.3, 0.4) is 0 Å². The van der Waals surface area contributed by atoms with E-state index in [1.165, 1.54) is 0 Å². The molecule has 20 heavy (non-hydrogen) atoms. The summed E-state index contributed by atoms with van der Waals surface area (Å²) in [6, 6.07) is 10.3. The highest BCUT2D eigenvalue weighted by Crippen LogP contribution is 2.21. The third-order valence-electron chi connectivity index (χ3n) is 3.03. The van der Waals surface area contributed by atoms with Crippen LogP contribution in [0.25, 0.3) is 0 Å². The lowest BCUT2D eigenvalue weighted by molar-refractivity contribution is 0.601. The number of benzene rings is 2. The smallest absolute Gasteiger partial charge is 0.261 e. The third-order valence-corrected chi connectivity index (χ3v) is 4.39. The topological polar surface area (TPSA) is 72.2 Å². The molecule has 0 bridgehead atoms. The first-order chi connectivity index (χ1) is 9.28. The zero-order valence-electron chi connectivity index (χ0n) is 11.8. The largest absolute Gasteiger partial charge is 0.399 e. The van der Waals surface area contributed by atoms with Gasteiger partial charge < -0.3 is 5.73 Å². The van der Waals surface area contributed by atoms with Gasteiger partial charge in [0.25, 0.3) is 10.0 Å². The first-order valence-corrected chi connectivity index (χ1v) is 7.73. The van der Waals surface area contributed by atoms with Crippen LogP contribution < -0.4 is 10.5 Å². The fourth-order valence-corrected chi connectivity index (χ4v) is 3.28. The van der Waals surface area contributed by atoms with E-state index in [-0.39, 0.29) is 4.90 Å². The molecule has 5 heteroatoms. The van der Waals surface area contributed by atoms with Gasteiger partial charge in [-0.25, -0.2) is 8.42 Å². The van der Waals surface area contributed by atoms with Crippen molar-refractivity contribution in [2.24, 2.45) is 0 Å². The maximum absolute atomic E-state index is 12.4. The van der Waals surface area contributed by atoms with Crippen molar-refractivity contribution in [1.82, 2.24) is 0 Å². The van der Waals surface area contributed by atoms with Crippen molar-refractivity contribution < 1.29 is 8.42 Å². The highest BCUT2D eigenvalue weighted by atomic mass is 32.2. The lowest BCUT2D eigenvalue weighted by Crippen LogP contribution is -2.13. The van der Waals surface area contributed by atoms with E-state index >= 15 is 0 Å². The summed E-state index contributed by atoms with van der Waals surface area (Å²) < 4.78 is 27.3. The summed E-state index contributed by atoms with van der Waals surface area (Å²) >= 11 is 0. The van der Waals surface area contributed by atoms with Crippen LogP contribution in [-0.4, -0.2) is 8.42 Å². The molecule has 106 valence electrons. The molecule has 0 aliphatic rings. The third kappa shape index (κ3) is 3.11. The van der Waals surface area contributed by atoms with E-state index in [0.717, 1.165) is 16.7 Å². The number of nitrogens with one attached hydrogen (secondary N) is 1. The fraction of sp³-hybridized carbons (Fsp3) is 0.200. The van der Waals surface area contributed by atoms with Gasteiger partial charge in [-0.3, -0.25) is 4.72 Å². The van der Waals surface area contributed by atoms with Crippen LogP contribution in [0.5, 0.6) is 0 Å². The summed E-state index contributed by atoms with van der Waals surface area (Å²) in [5.41, 5.74) is 9.54. The van der Waals surface area contributed by atoms with Gasteiger partial charge >= 0.3 is 0 Å². The van der Waals surface area contributed by atoms with Crippen LogP contribution in [-0.2, 0) is 10.0 Å². The minimum Gasteiger partial charge on any atom is -0.399 e. The van der Waals surface area contributed by atoms with Crippen molar-refractivity contribution in [1.29, 1.82) is 0 Å². The first kappa shape index (κ1) is 14.4. The van der Waals surface area contributed by atoms with Crippen LogP contribution in [0.2, 0.25) is 0 Å². The number of rotatable bonds is 3. The molecular formula is C15H18N2O2S. The molecule has 0 atom stereocenters. The number of hydrogen-bond donors (Lipinski definition) is 2. The summed E-state index contributed by atoms with van der Waals surface area (Å²) in [6.45, 7) is 5.59. The van der Waals surface area contributed by atoms with Gasteiger partial charge in [0.1, 0.15) is 0 Å². The molecule has 2 aromatic rings. The molecular weight excluding hydrogens is 272 g/mol. The SMILES string of the molecule is Cc1cc(C)cc(S(=O)(=O)Nc2ccc(N)c(C)c2)c1. The molecule has 0 aliphatic heterocycles. The number of nitrogens with two attached hydrogens (primary N) is 1. The lowest BCUT2D eigenvalue weighted by Gasteiger charge is -2.11. The molecule has 0 heterocycles. The number of anilines is 2. The van der Waals surface area contributed by atoms with Crippen LogP contribution >= 0.6 is 0 Å². The highest BCUT2D eigenvalue weighted by molar-refractivity contribution is 7.92. The van der Waals surface area contributed by atoms with E-state index in [9.17, 15) is 8.42 Å². The molecule has 0 aliphatic carbocycles. The van der Waals surface area contributed by atoms with E-state index < -0.39 is 10.0 Å². The van der Waals surface area contributed by atoms with Crippen LogP contribution in [0.4, 0.5) is 11.4 Å². The Morgan fingerprint density at radius 2 is 1.55 bits per heavy atom. The molecule has 0 unspecified atom stereocenters. The number of sulfonamides is 1. The number of aryl methyl sites for hydroxylation is 3. The van der Waals surface area contributed by atoms with Crippen molar-refractivity contribution in [2.75, 3.05) is 10.5 Å². The zero-order chi connectivity index (χ0) is 14.9. The molecule has 0 amide bonds. The van der Waals surface area contributed by atoms with E-state index in [1.54, 1.807) is 30.3 Å². The summed E-state index contributed by atoms with van der Waals surface area (Å²) in [4.78, 5) is 0.268. The van der Waals surface area contributed by atoms with Gasteiger partial charge in [0.2, 0.25) is 0 Å². The molecule has 0 saturated heterocycles. The molecule has 0 aromatic heterocycles. The quantitative estimate of drug-likeness (QED) is 0.854. The molecule has 4 nitrogen and oxygen atoms in total. The van der Waals surface area contributed by atoms with Crippen molar-refractivity contribution in [3.63, 3.8) is 0 Å². The predicted molar refractivity (Wildman–Crippen MR) is 82.3 cm³/mol. The Morgan fingerprint density at radius 1 is 0.950 bits per heavy atom. The van der Waals surface area contributed by atoms with Crippen molar-refractivity contribution in [3.05, 3.63) is 53.1 Å². The maximum atomic E-state index is 12.4. The van der Waals surface area contributed by atoms with E-state index in [2.05, 4.69) is 4.72 Å². The Balaban J connectivity index is 2.37. The van der Waals surface area contributed by atoms with Gasteiger partial charge in [0.15, 0.2) is 0 Å². The predicted octanol–water partition coefficient (Wildman–Crippen LogP) is 2.99. The van der Waals surface area contributed by atoms with Gasteiger partial charge in [-0.15, -0.1) is 0 Å². The average Bonchev–Trinajstić information content (AvgIpc) is 2.32. The zero-order valence-corrected chi connectivity index (χ0v) is 12.6. The van der Waals surface area contributed by atoms with Gasteiger partial charge in [-0.2, -0.15) is 0 Å². The summed E-state index contributed by atoms with van der Waals surface area (Å²) in [7, 11) is -3.58. The minimum absolute atomic E-state index is 0.268. The number of nitrogen functional groups attached to an aromatic ring is 1. The van der Waals surface area contributed by atoms with Gasteiger partial charge in [0.05, 0.1) is 4.90 Å². The maximum Gasteiger partial charge on any atom is 0.261 e. The average molecular weight is 290 g/mol. The Morgan fingerprint density at radius 3 is 2.10 bits per heavy atom. The Kier molecular flexibility index (Phi) is 3.72. The van der Waals surface area contributed by atoms with Crippen LogP contribution in [0.15, 0.2) is 41.3 Å². The first-order valence-electron chi connectivity index (χ1n) is 6.25. The summed E-state index contributed by atoms with van der Waals surface area (Å²) in [5.74, 6) is 0. The summed E-state index contributed by atoms with van der Waals surface area (Å²) in [6.07, 6.45) is 0. The van der Waals surface area contributed by atoms with Gasteiger partial charge in [-0.05, 0) is 67.8 Å². The molecule has 2 rings (SSSR count). The van der Waals surface area contributed by atoms with Crippen molar-refractivity contribution >= 4 is 21.4 Å². The second kappa shape index (κ2) is 5.17. The Bertz CT molecular complexity index is 732. The number of hydrogen-bond acceptors (Lipinski definition) is 3.